The van der Waals surface area contributed by atoms with Crippen LogP contribution in [0.4, 0.5) is 0 Å². The molecule has 0 amide bonds. The quantitative estimate of drug-likeness (QED) is 0.446. The Morgan fingerprint density at radius 3 is 2.64 bits per heavy atom. The maximum Gasteiger partial charge on any atom is 0.321 e. The predicted molar refractivity (Wildman–Crippen MR) is 43.0 cm³/mol. The Morgan fingerprint density at radius 2 is 2.18 bits per heavy atom. The topological polar surface area (TPSA) is 50.1 Å². The standard InChI is InChI=1S/C8H16NO2/c1-7(2)4-3-5-11-8(10)6-9/h7,9H,3-6H2,1-2H3. The molecule has 1 radical (unpaired) electrons. The minimum atomic E-state index is -0.422. The van der Waals surface area contributed by atoms with Crippen LogP contribution in [0.2, 0.25) is 0 Å². The molecule has 0 atom stereocenters. The Morgan fingerprint density at radius 1 is 1.55 bits per heavy atom. The summed E-state index contributed by atoms with van der Waals surface area (Å²) in [6.07, 6.45) is 1.98. The number of hydrogen-bond donors (Lipinski definition) is 0. The van der Waals surface area contributed by atoms with E-state index < -0.39 is 5.97 Å². The zero-order valence-corrected chi connectivity index (χ0v) is 7.22. The minimum absolute atomic E-state index is 0.262. The molecule has 11 heavy (non-hydrogen) atoms. The van der Waals surface area contributed by atoms with E-state index >= 15 is 0 Å². The van der Waals surface area contributed by atoms with Crippen LogP contribution in [-0.2, 0) is 9.53 Å². The van der Waals surface area contributed by atoms with E-state index in [4.69, 9.17) is 10.5 Å². The van der Waals surface area contributed by atoms with Gasteiger partial charge in [0, 0.05) is 0 Å². The molecule has 0 fully saturated rings. The first-order valence-electron chi connectivity index (χ1n) is 3.97. The fourth-order valence-electron chi connectivity index (χ4n) is 0.729. The summed E-state index contributed by atoms with van der Waals surface area (Å²) in [4.78, 5) is 10.4. The van der Waals surface area contributed by atoms with E-state index in [0.717, 1.165) is 12.8 Å². The van der Waals surface area contributed by atoms with Gasteiger partial charge in [-0.3, -0.25) is 4.79 Å². The molecule has 0 heterocycles. The summed E-state index contributed by atoms with van der Waals surface area (Å²) >= 11 is 0. The predicted octanol–water partition coefficient (Wildman–Crippen LogP) is 1.25. The number of hydrogen-bond acceptors (Lipinski definition) is 2. The second kappa shape index (κ2) is 6.16. The highest BCUT2D eigenvalue weighted by atomic mass is 16.5. The summed E-state index contributed by atoms with van der Waals surface area (Å²) in [6.45, 7) is 4.47. The lowest BCUT2D eigenvalue weighted by Gasteiger charge is -2.04. The zero-order chi connectivity index (χ0) is 8.69. The Hall–Kier alpha value is -0.570. The van der Waals surface area contributed by atoms with Gasteiger partial charge in [0.25, 0.3) is 0 Å². The van der Waals surface area contributed by atoms with E-state index in [9.17, 15) is 4.79 Å². The van der Waals surface area contributed by atoms with Crippen molar-refractivity contribution >= 4 is 5.97 Å². The molecule has 0 unspecified atom stereocenters. The molecule has 0 aromatic carbocycles. The van der Waals surface area contributed by atoms with Gasteiger partial charge in [-0.05, 0) is 18.8 Å². The fourth-order valence-corrected chi connectivity index (χ4v) is 0.729. The highest BCUT2D eigenvalue weighted by molar-refractivity contribution is 5.71. The summed E-state index contributed by atoms with van der Waals surface area (Å²) in [5.74, 6) is 0.235. The van der Waals surface area contributed by atoms with Gasteiger partial charge in [-0.2, -0.15) is 0 Å². The molecule has 0 aromatic heterocycles. The van der Waals surface area contributed by atoms with Crippen molar-refractivity contribution in [2.24, 2.45) is 5.92 Å². The molecule has 3 nitrogen and oxygen atoms in total. The fraction of sp³-hybridized carbons (Fsp3) is 0.875. The SMILES string of the molecule is CC(C)CCCOC(=O)C[NH]. The van der Waals surface area contributed by atoms with E-state index in [1.54, 1.807) is 0 Å². The van der Waals surface area contributed by atoms with Gasteiger partial charge >= 0.3 is 5.97 Å². The normalized spacial score (nSPS) is 10.2. The number of rotatable bonds is 5. The van der Waals surface area contributed by atoms with Crippen molar-refractivity contribution in [1.82, 2.24) is 5.73 Å². The molecule has 0 saturated heterocycles. The van der Waals surface area contributed by atoms with Crippen molar-refractivity contribution in [2.75, 3.05) is 13.2 Å². The summed E-state index contributed by atoms with van der Waals surface area (Å²) < 4.78 is 4.72. The zero-order valence-electron chi connectivity index (χ0n) is 7.22. The van der Waals surface area contributed by atoms with Crippen molar-refractivity contribution in [1.29, 1.82) is 0 Å². The second-order valence-electron chi connectivity index (χ2n) is 2.93. The molecule has 0 aliphatic rings. The Labute approximate surface area is 67.9 Å². The Kier molecular flexibility index (Phi) is 5.84. The number of carbonyl (C=O) groups is 1. The van der Waals surface area contributed by atoms with Crippen LogP contribution < -0.4 is 5.73 Å². The van der Waals surface area contributed by atoms with Crippen LogP contribution in [0.5, 0.6) is 0 Å². The summed E-state index contributed by atoms with van der Waals surface area (Å²) in [5.41, 5.74) is 6.65. The maximum absolute atomic E-state index is 10.4. The van der Waals surface area contributed by atoms with Crippen LogP contribution in [0.1, 0.15) is 26.7 Å². The van der Waals surface area contributed by atoms with Gasteiger partial charge in [-0.15, -0.1) is 0 Å². The van der Waals surface area contributed by atoms with Crippen LogP contribution in [0, 0.1) is 5.92 Å². The van der Waals surface area contributed by atoms with E-state index in [2.05, 4.69) is 13.8 Å². The van der Waals surface area contributed by atoms with Crippen molar-refractivity contribution in [3.8, 4) is 0 Å². The highest BCUT2D eigenvalue weighted by Gasteiger charge is 1.98. The van der Waals surface area contributed by atoms with E-state index in [-0.39, 0.29) is 6.54 Å². The summed E-state index contributed by atoms with van der Waals surface area (Å²) in [7, 11) is 0. The number of nitrogens with one attached hydrogen (secondary N) is 1. The van der Waals surface area contributed by atoms with Crippen molar-refractivity contribution < 1.29 is 9.53 Å². The van der Waals surface area contributed by atoms with Gasteiger partial charge in [0.1, 0.15) is 6.54 Å². The van der Waals surface area contributed by atoms with E-state index in [0.29, 0.717) is 12.5 Å². The largest absolute Gasteiger partial charge is 0.465 e. The van der Waals surface area contributed by atoms with Crippen molar-refractivity contribution in [3.63, 3.8) is 0 Å². The average molecular weight is 158 g/mol. The number of ether oxygens (including phenoxy) is 1. The lowest BCUT2D eigenvalue weighted by Crippen LogP contribution is -2.11. The molecule has 3 heteroatoms. The van der Waals surface area contributed by atoms with Crippen LogP contribution >= 0.6 is 0 Å². The first-order valence-corrected chi connectivity index (χ1v) is 3.97. The van der Waals surface area contributed by atoms with Gasteiger partial charge in [0.2, 0.25) is 0 Å². The minimum Gasteiger partial charge on any atom is -0.465 e. The maximum atomic E-state index is 10.4. The molecule has 0 saturated carbocycles. The van der Waals surface area contributed by atoms with Gasteiger partial charge in [-0.25, -0.2) is 5.73 Å². The lowest BCUT2D eigenvalue weighted by molar-refractivity contribution is -0.142. The average Bonchev–Trinajstić information content (AvgIpc) is 1.97. The third-order valence-electron chi connectivity index (χ3n) is 1.33. The van der Waals surface area contributed by atoms with Crippen LogP contribution in [0.15, 0.2) is 0 Å². The second-order valence-corrected chi connectivity index (χ2v) is 2.93. The molecule has 0 bridgehead atoms. The van der Waals surface area contributed by atoms with Gasteiger partial charge in [0.05, 0.1) is 6.61 Å². The summed E-state index contributed by atoms with van der Waals surface area (Å²) in [5, 5.41) is 0. The van der Waals surface area contributed by atoms with Crippen LogP contribution in [0.25, 0.3) is 0 Å². The smallest absolute Gasteiger partial charge is 0.321 e. The third kappa shape index (κ3) is 7.33. The molecule has 0 spiro atoms. The van der Waals surface area contributed by atoms with Crippen LogP contribution in [-0.4, -0.2) is 19.1 Å². The number of esters is 1. The first kappa shape index (κ1) is 10.4. The van der Waals surface area contributed by atoms with Crippen LogP contribution in [0.3, 0.4) is 0 Å². The summed E-state index contributed by atoms with van der Waals surface area (Å²) in [6, 6.07) is 0. The van der Waals surface area contributed by atoms with E-state index in [1.807, 2.05) is 0 Å². The lowest BCUT2D eigenvalue weighted by atomic mass is 10.1. The molecule has 0 aliphatic heterocycles. The number of carbonyl (C=O) groups excluding carboxylic acids is 1. The first-order chi connectivity index (χ1) is 5.16. The molecule has 0 aliphatic carbocycles. The molecule has 0 rings (SSSR count). The van der Waals surface area contributed by atoms with Crippen molar-refractivity contribution in [3.05, 3.63) is 0 Å². The Bertz CT molecular complexity index is 113. The molecular formula is C8H16NO2. The van der Waals surface area contributed by atoms with Crippen molar-refractivity contribution in [2.45, 2.75) is 26.7 Å². The van der Waals surface area contributed by atoms with Gasteiger partial charge < -0.3 is 4.74 Å². The van der Waals surface area contributed by atoms with E-state index in [1.165, 1.54) is 0 Å². The molecule has 0 aromatic rings. The monoisotopic (exact) mass is 158 g/mol. The highest BCUT2D eigenvalue weighted by Crippen LogP contribution is 2.02. The molecule has 65 valence electrons. The molecule has 1 N–H and O–H groups in total. The molecular weight excluding hydrogens is 142 g/mol. The Balaban J connectivity index is 3.08. The van der Waals surface area contributed by atoms with Gasteiger partial charge in [0.15, 0.2) is 0 Å². The van der Waals surface area contributed by atoms with Gasteiger partial charge in [-0.1, -0.05) is 13.8 Å². The third-order valence-corrected chi connectivity index (χ3v) is 1.33.